The predicted molar refractivity (Wildman–Crippen MR) is 83.2 cm³/mol. The van der Waals surface area contributed by atoms with Gasteiger partial charge in [-0.3, -0.25) is 5.32 Å². The molecule has 7 nitrogen and oxygen atoms in total. The van der Waals surface area contributed by atoms with E-state index in [2.05, 4.69) is 15.3 Å². The molecular weight excluding hydrogens is 298 g/mol. The van der Waals surface area contributed by atoms with Crippen LogP contribution in [0.2, 0.25) is 0 Å². The van der Waals surface area contributed by atoms with Crippen molar-refractivity contribution in [3.8, 4) is 0 Å². The van der Waals surface area contributed by atoms with Gasteiger partial charge in [-0.15, -0.1) is 0 Å². The molecule has 7 heteroatoms. The second kappa shape index (κ2) is 7.35. The first-order valence-electron chi connectivity index (χ1n) is 7.00. The highest BCUT2D eigenvalue weighted by Gasteiger charge is 2.24. The van der Waals surface area contributed by atoms with Crippen molar-refractivity contribution in [3.63, 3.8) is 0 Å². The number of para-hydroxylation sites is 1. The molecule has 1 heterocycles. The number of hydrogen-bond donors (Lipinski definition) is 2. The van der Waals surface area contributed by atoms with Crippen LogP contribution >= 0.6 is 0 Å². The van der Waals surface area contributed by atoms with Crippen molar-refractivity contribution in [2.75, 3.05) is 5.32 Å². The van der Waals surface area contributed by atoms with E-state index in [1.54, 1.807) is 6.07 Å². The first kappa shape index (κ1) is 16.4. The fourth-order valence-electron chi connectivity index (χ4n) is 2.05. The molecule has 0 radical (unpaired) electrons. The summed E-state index contributed by atoms with van der Waals surface area (Å²) in [6, 6.07) is 7.17. The zero-order valence-electron chi connectivity index (χ0n) is 12.8. The van der Waals surface area contributed by atoms with Crippen LogP contribution in [0.5, 0.6) is 0 Å². The van der Waals surface area contributed by atoms with E-state index in [0.717, 1.165) is 11.1 Å². The summed E-state index contributed by atoms with van der Waals surface area (Å²) in [6.45, 7) is 3.68. The van der Waals surface area contributed by atoms with Crippen LogP contribution in [-0.4, -0.2) is 33.2 Å². The Morgan fingerprint density at radius 3 is 2.35 bits per heavy atom. The Morgan fingerprint density at radius 2 is 1.78 bits per heavy atom. The lowest BCUT2D eigenvalue weighted by molar-refractivity contribution is -0.146. The van der Waals surface area contributed by atoms with Gasteiger partial charge in [0.1, 0.15) is 5.82 Å². The molecule has 0 saturated heterocycles. The van der Waals surface area contributed by atoms with Crippen LogP contribution in [0, 0.1) is 13.8 Å². The molecule has 1 unspecified atom stereocenters. The van der Waals surface area contributed by atoms with Gasteiger partial charge in [-0.2, -0.15) is 0 Å². The molecule has 1 atom stereocenters. The van der Waals surface area contributed by atoms with Gasteiger partial charge < -0.3 is 9.84 Å². The molecule has 2 rings (SSSR count). The van der Waals surface area contributed by atoms with Gasteiger partial charge in [-0.1, -0.05) is 18.2 Å². The van der Waals surface area contributed by atoms with Crippen LogP contribution in [0.1, 0.15) is 17.0 Å². The highest BCUT2D eigenvalue weighted by atomic mass is 16.6. The molecule has 0 fully saturated rings. The smallest absolute Gasteiger partial charge is 0.412 e. The van der Waals surface area contributed by atoms with Crippen LogP contribution in [-0.2, 0) is 16.0 Å². The van der Waals surface area contributed by atoms with E-state index in [4.69, 9.17) is 4.74 Å². The van der Waals surface area contributed by atoms with E-state index >= 15 is 0 Å². The molecule has 0 bridgehead atoms. The number of nitrogens with one attached hydrogen (secondary N) is 1. The monoisotopic (exact) mass is 315 g/mol. The Bertz CT molecular complexity index is 683. The summed E-state index contributed by atoms with van der Waals surface area (Å²) < 4.78 is 5.00. The number of nitrogens with zero attached hydrogens (tertiary/aromatic N) is 2. The number of carbonyl (C=O) groups is 2. The van der Waals surface area contributed by atoms with Gasteiger partial charge in [-0.25, -0.2) is 19.6 Å². The number of aryl methyl sites for hydroxylation is 2. The largest absolute Gasteiger partial charge is 0.478 e. The van der Waals surface area contributed by atoms with Crippen molar-refractivity contribution in [2.45, 2.75) is 26.4 Å². The van der Waals surface area contributed by atoms with E-state index in [1.165, 1.54) is 12.4 Å². The minimum atomic E-state index is -1.36. The van der Waals surface area contributed by atoms with Crippen LogP contribution in [0.4, 0.5) is 10.5 Å². The van der Waals surface area contributed by atoms with E-state index in [0.29, 0.717) is 11.5 Å². The van der Waals surface area contributed by atoms with Crippen LogP contribution < -0.4 is 5.32 Å². The first-order valence-corrected chi connectivity index (χ1v) is 7.00. The maximum absolute atomic E-state index is 12.0. The van der Waals surface area contributed by atoms with Gasteiger partial charge in [0.05, 0.1) is 6.42 Å². The molecule has 1 aromatic carbocycles. The molecule has 0 saturated carbocycles. The van der Waals surface area contributed by atoms with Crippen molar-refractivity contribution in [2.24, 2.45) is 0 Å². The van der Waals surface area contributed by atoms with Gasteiger partial charge in [-0.05, 0) is 31.0 Å². The maximum atomic E-state index is 12.0. The number of rotatable bonds is 5. The van der Waals surface area contributed by atoms with Crippen LogP contribution in [0.25, 0.3) is 0 Å². The summed E-state index contributed by atoms with van der Waals surface area (Å²) in [4.78, 5) is 31.1. The van der Waals surface area contributed by atoms with Crippen molar-refractivity contribution < 1.29 is 19.4 Å². The molecule has 0 aliphatic rings. The summed E-state index contributed by atoms with van der Waals surface area (Å²) in [7, 11) is 0. The number of ether oxygens (including phenoxy) is 1. The lowest BCUT2D eigenvalue weighted by Crippen LogP contribution is -2.32. The fraction of sp³-hybridized carbons (Fsp3) is 0.250. The highest BCUT2D eigenvalue weighted by Crippen LogP contribution is 2.19. The number of benzene rings is 1. The number of anilines is 1. The number of aromatic nitrogens is 2. The van der Waals surface area contributed by atoms with Crippen molar-refractivity contribution in [1.29, 1.82) is 0 Å². The first-order chi connectivity index (χ1) is 11.0. The fourth-order valence-corrected chi connectivity index (χ4v) is 2.05. The van der Waals surface area contributed by atoms with Crippen LogP contribution in [0.3, 0.4) is 0 Å². The van der Waals surface area contributed by atoms with E-state index in [9.17, 15) is 14.7 Å². The highest BCUT2D eigenvalue weighted by molar-refractivity contribution is 5.88. The lowest BCUT2D eigenvalue weighted by atomic mass is 10.1. The van der Waals surface area contributed by atoms with Crippen LogP contribution in [0.15, 0.2) is 36.7 Å². The molecule has 23 heavy (non-hydrogen) atoms. The summed E-state index contributed by atoms with van der Waals surface area (Å²) >= 11 is 0. The lowest BCUT2D eigenvalue weighted by Gasteiger charge is -2.15. The maximum Gasteiger partial charge on any atom is 0.412 e. The topological polar surface area (TPSA) is 101 Å². The Morgan fingerprint density at radius 1 is 1.17 bits per heavy atom. The van der Waals surface area contributed by atoms with E-state index < -0.39 is 18.2 Å². The van der Waals surface area contributed by atoms with Crippen molar-refractivity contribution in [1.82, 2.24) is 9.97 Å². The average Bonchev–Trinajstić information content (AvgIpc) is 2.51. The van der Waals surface area contributed by atoms with Gasteiger partial charge in [0, 0.05) is 18.1 Å². The Balaban J connectivity index is 2.05. The third kappa shape index (κ3) is 4.50. The summed E-state index contributed by atoms with van der Waals surface area (Å²) in [5, 5.41) is 11.8. The second-order valence-corrected chi connectivity index (χ2v) is 4.99. The number of carboxylic acids is 1. The van der Waals surface area contributed by atoms with Gasteiger partial charge in [0.25, 0.3) is 0 Å². The molecule has 120 valence electrons. The zero-order chi connectivity index (χ0) is 16.8. The average molecular weight is 315 g/mol. The molecule has 0 aliphatic heterocycles. The van der Waals surface area contributed by atoms with Crippen molar-refractivity contribution >= 4 is 17.7 Å². The van der Waals surface area contributed by atoms with E-state index in [1.807, 2.05) is 32.0 Å². The Labute approximate surface area is 133 Å². The molecule has 1 amide bonds. The number of carboxylic acid groups (broad SMARTS) is 1. The molecular formula is C16H17N3O4. The number of carbonyl (C=O) groups excluding carboxylic acids is 1. The zero-order valence-corrected chi connectivity index (χ0v) is 12.8. The molecule has 1 aromatic heterocycles. The molecule has 0 spiro atoms. The van der Waals surface area contributed by atoms with E-state index in [-0.39, 0.29) is 6.42 Å². The van der Waals surface area contributed by atoms with Gasteiger partial charge >= 0.3 is 12.1 Å². The van der Waals surface area contributed by atoms with Gasteiger partial charge in [0.15, 0.2) is 0 Å². The van der Waals surface area contributed by atoms with Gasteiger partial charge in [0.2, 0.25) is 6.10 Å². The minimum Gasteiger partial charge on any atom is -0.478 e. The Kier molecular flexibility index (Phi) is 5.24. The normalized spacial score (nSPS) is 11.6. The third-order valence-electron chi connectivity index (χ3n) is 3.22. The standard InChI is InChI=1S/C16H17N3O4/c1-10-5-3-6-11(2)14(10)19-16(22)23-12(15(20)21)9-13-17-7-4-8-18-13/h3-8,12H,9H2,1-2H3,(H,19,22)(H,20,21). The summed E-state index contributed by atoms with van der Waals surface area (Å²) in [5.41, 5.74) is 2.33. The number of hydrogen-bond acceptors (Lipinski definition) is 5. The summed E-state index contributed by atoms with van der Waals surface area (Å²) in [6.07, 6.45) is 0.708. The number of aliphatic carboxylic acids is 1. The third-order valence-corrected chi connectivity index (χ3v) is 3.22. The predicted octanol–water partition coefficient (Wildman–Crippen LogP) is 2.34. The Hall–Kier alpha value is -2.96. The SMILES string of the molecule is Cc1cccc(C)c1NC(=O)OC(Cc1ncccn1)C(=O)O. The molecule has 2 N–H and O–H groups in total. The second-order valence-electron chi connectivity index (χ2n) is 4.99. The summed E-state index contributed by atoms with van der Waals surface area (Å²) in [5.74, 6) is -0.964. The molecule has 0 aliphatic carbocycles. The minimum absolute atomic E-state index is 0.101. The van der Waals surface area contributed by atoms with Crippen molar-refractivity contribution in [3.05, 3.63) is 53.6 Å². The molecule has 2 aromatic rings. The quantitative estimate of drug-likeness (QED) is 0.878. The number of amides is 1.